The standard InChI is InChI=1S/C12H18ClNO/c1-3-9(8-15)12(14-2)10-4-6-11(13)7-5-10/h4-7,9,12,14-15H,3,8H2,1-2H3. The molecular formula is C12H18ClNO. The molecule has 0 aromatic heterocycles. The van der Waals surface area contributed by atoms with Crippen LogP contribution in [0.5, 0.6) is 0 Å². The summed E-state index contributed by atoms with van der Waals surface area (Å²) in [6, 6.07) is 7.96. The molecule has 0 aliphatic rings. The molecule has 0 amide bonds. The number of hydrogen-bond donors (Lipinski definition) is 2. The predicted octanol–water partition coefficient (Wildman–Crippen LogP) is 2.62. The molecule has 3 heteroatoms. The van der Waals surface area contributed by atoms with E-state index in [9.17, 15) is 5.11 Å². The van der Waals surface area contributed by atoms with Gasteiger partial charge in [-0.25, -0.2) is 0 Å². The lowest BCUT2D eigenvalue weighted by Crippen LogP contribution is -2.27. The molecule has 0 aliphatic heterocycles. The second-order valence-corrected chi connectivity index (χ2v) is 4.11. The summed E-state index contributed by atoms with van der Waals surface area (Å²) in [6.45, 7) is 2.28. The van der Waals surface area contributed by atoms with Crippen LogP contribution in [-0.4, -0.2) is 18.8 Å². The summed E-state index contributed by atoms with van der Waals surface area (Å²) in [5.74, 6) is 0.246. The Morgan fingerprint density at radius 2 is 1.93 bits per heavy atom. The van der Waals surface area contributed by atoms with Gasteiger partial charge in [-0.1, -0.05) is 30.7 Å². The van der Waals surface area contributed by atoms with Crippen molar-refractivity contribution in [2.75, 3.05) is 13.7 Å². The van der Waals surface area contributed by atoms with Crippen LogP contribution in [0.25, 0.3) is 0 Å². The van der Waals surface area contributed by atoms with Crippen molar-refractivity contribution in [2.24, 2.45) is 5.92 Å². The Morgan fingerprint density at radius 1 is 1.33 bits per heavy atom. The topological polar surface area (TPSA) is 32.3 Å². The Kier molecular flexibility index (Phi) is 5.09. The molecule has 84 valence electrons. The number of rotatable bonds is 5. The van der Waals surface area contributed by atoms with Crippen molar-refractivity contribution in [3.63, 3.8) is 0 Å². The van der Waals surface area contributed by atoms with Crippen LogP contribution >= 0.6 is 11.6 Å². The summed E-state index contributed by atoms with van der Waals surface area (Å²) in [5.41, 5.74) is 1.17. The van der Waals surface area contributed by atoms with Crippen LogP contribution in [0.4, 0.5) is 0 Å². The Hall–Kier alpha value is -0.570. The third kappa shape index (κ3) is 3.20. The van der Waals surface area contributed by atoms with Crippen LogP contribution < -0.4 is 5.32 Å². The number of halogens is 1. The maximum Gasteiger partial charge on any atom is 0.0477 e. The quantitative estimate of drug-likeness (QED) is 0.811. The molecule has 0 radical (unpaired) electrons. The second kappa shape index (κ2) is 6.11. The zero-order valence-electron chi connectivity index (χ0n) is 9.20. The smallest absolute Gasteiger partial charge is 0.0477 e. The first-order chi connectivity index (χ1) is 7.22. The van der Waals surface area contributed by atoms with Gasteiger partial charge in [0.25, 0.3) is 0 Å². The maximum atomic E-state index is 9.28. The molecule has 2 nitrogen and oxygen atoms in total. The number of hydrogen-bond acceptors (Lipinski definition) is 2. The molecule has 1 aromatic carbocycles. The van der Waals surface area contributed by atoms with Gasteiger partial charge in [0, 0.05) is 23.6 Å². The maximum absolute atomic E-state index is 9.28. The monoisotopic (exact) mass is 227 g/mol. The van der Waals surface area contributed by atoms with Gasteiger partial charge in [-0.05, 0) is 31.2 Å². The largest absolute Gasteiger partial charge is 0.396 e. The SMILES string of the molecule is CCC(CO)C(NC)c1ccc(Cl)cc1. The van der Waals surface area contributed by atoms with Crippen molar-refractivity contribution in [1.29, 1.82) is 0 Å². The van der Waals surface area contributed by atoms with Gasteiger partial charge in [0.2, 0.25) is 0 Å². The van der Waals surface area contributed by atoms with Gasteiger partial charge >= 0.3 is 0 Å². The van der Waals surface area contributed by atoms with Gasteiger partial charge in [-0.2, -0.15) is 0 Å². The van der Waals surface area contributed by atoms with Gasteiger partial charge in [-0.15, -0.1) is 0 Å². The van der Waals surface area contributed by atoms with E-state index in [1.165, 1.54) is 5.56 Å². The van der Waals surface area contributed by atoms with Gasteiger partial charge in [0.05, 0.1) is 0 Å². The van der Waals surface area contributed by atoms with Crippen molar-refractivity contribution in [3.8, 4) is 0 Å². The second-order valence-electron chi connectivity index (χ2n) is 3.67. The molecule has 0 bridgehead atoms. The van der Waals surface area contributed by atoms with Crippen LogP contribution in [-0.2, 0) is 0 Å². The van der Waals surface area contributed by atoms with Gasteiger partial charge in [0.1, 0.15) is 0 Å². The minimum atomic E-state index is 0.192. The Bertz CT molecular complexity index is 282. The predicted molar refractivity (Wildman–Crippen MR) is 64.1 cm³/mol. The van der Waals surface area contributed by atoms with E-state index in [-0.39, 0.29) is 18.6 Å². The molecule has 2 N–H and O–H groups in total. The molecule has 1 rings (SSSR count). The third-order valence-electron chi connectivity index (χ3n) is 2.77. The van der Waals surface area contributed by atoms with E-state index in [0.29, 0.717) is 0 Å². The molecule has 0 saturated carbocycles. The lowest BCUT2D eigenvalue weighted by atomic mass is 9.92. The highest BCUT2D eigenvalue weighted by molar-refractivity contribution is 6.30. The lowest BCUT2D eigenvalue weighted by molar-refractivity contribution is 0.189. The first-order valence-corrected chi connectivity index (χ1v) is 5.64. The van der Waals surface area contributed by atoms with Crippen LogP contribution in [0.1, 0.15) is 24.9 Å². The van der Waals surface area contributed by atoms with Crippen molar-refractivity contribution < 1.29 is 5.11 Å². The summed E-state index contributed by atoms with van der Waals surface area (Å²) in [6.07, 6.45) is 0.949. The highest BCUT2D eigenvalue weighted by Gasteiger charge is 2.18. The van der Waals surface area contributed by atoms with E-state index in [1.807, 2.05) is 31.3 Å². The highest BCUT2D eigenvalue weighted by atomic mass is 35.5. The summed E-state index contributed by atoms with van der Waals surface area (Å²) in [7, 11) is 1.91. The summed E-state index contributed by atoms with van der Waals surface area (Å²) in [5, 5.41) is 13.3. The first-order valence-electron chi connectivity index (χ1n) is 5.26. The van der Waals surface area contributed by atoms with E-state index in [1.54, 1.807) is 0 Å². The number of benzene rings is 1. The summed E-state index contributed by atoms with van der Waals surface area (Å²) in [4.78, 5) is 0. The molecule has 0 spiro atoms. The minimum absolute atomic E-state index is 0.192. The van der Waals surface area contributed by atoms with Crippen LogP contribution in [0, 0.1) is 5.92 Å². The number of aliphatic hydroxyl groups is 1. The van der Waals surface area contributed by atoms with E-state index < -0.39 is 0 Å². The van der Waals surface area contributed by atoms with Crippen molar-refractivity contribution >= 4 is 11.6 Å². The molecule has 2 unspecified atom stereocenters. The van der Waals surface area contributed by atoms with Gasteiger partial charge < -0.3 is 10.4 Å². The van der Waals surface area contributed by atoms with E-state index in [2.05, 4.69) is 12.2 Å². The lowest BCUT2D eigenvalue weighted by Gasteiger charge is -2.24. The third-order valence-corrected chi connectivity index (χ3v) is 3.02. The number of nitrogens with one attached hydrogen (secondary N) is 1. The molecule has 0 fully saturated rings. The Balaban J connectivity index is 2.86. The number of aliphatic hydroxyl groups excluding tert-OH is 1. The highest BCUT2D eigenvalue weighted by Crippen LogP contribution is 2.25. The van der Waals surface area contributed by atoms with E-state index in [0.717, 1.165) is 11.4 Å². The fourth-order valence-corrected chi connectivity index (χ4v) is 1.94. The zero-order valence-corrected chi connectivity index (χ0v) is 9.96. The average molecular weight is 228 g/mol. The molecule has 0 heterocycles. The van der Waals surface area contributed by atoms with Crippen molar-refractivity contribution in [2.45, 2.75) is 19.4 Å². The Labute approximate surface area is 96.3 Å². The average Bonchev–Trinajstić information content (AvgIpc) is 2.27. The van der Waals surface area contributed by atoms with Gasteiger partial charge in [0.15, 0.2) is 0 Å². The van der Waals surface area contributed by atoms with Crippen LogP contribution in [0.15, 0.2) is 24.3 Å². The fraction of sp³-hybridized carbons (Fsp3) is 0.500. The normalized spacial score (nSPS) is 14.9. The molecule has 15 heavy (non-hydrogen) atoms. The summed E-state index contributed by atoms with van der Waals surface area (Å²) >= 11 is 5.84. The van der Waals surface area contributed by atoms with Crippen molar-refractivity contribution in [1.82, 2.24) is 5.32 Å². The molecule has 0 aliphatic carbocycles. The summed E-state index contributed by atoms with van der Waals surface area (Å²) < 4.78 is 0. The van der Waals surface area contributed by atoms with Crippen LogP contribution in [0.3, 0.4) is 0 Å². The molecule has 1 aromatic rings. The van der Waals surface area contributed by atoms with E-state index in [4.69, 9.17) is 11.6 Å². The first kappa shape index (κ1) is 12.5. The molecule has 0 saturated heterocycles. The van der Waals surface area contributed by atoms with Gasteiger partial charge in [-0.3, -0.25) is 0 Å². The van der Waals surface area contributed by atoms with E-state index >= 15 is 0 Å². The zero-order chi connectivity index (χ0) is 11.3. The molecule has 2 atom stereocenters. The van der Waals surface area contributed by atoms with Crippen LogP contribution in [0.2, 0.25) is 5.02 Å². The fourth-order valence-electron chi connectivity index (χ4n) is 1.81. The minimum Gasteiger partial charge on any atom is -0.396 e. The molecular weight excluding hydrogens is 210 g/mol. The Morgan fingerprint density at radius 3 is 2.33 bits per heavy atom. The van der Waals surface area contributed by atoms with Crippen molar-refractivity contribution in [3.05, 3.63) is 34.9 Å².